The lowest BCUT2D eigenvalue weighted by atomic mass is 9.87. The first-order valence-corrected chi connectivity index (χ1v) is 9.46. The second-order valence-electron chi connectivity index (χ2n) is 7.05. The smallest absolute Gasteiger partial charge is 0.167 e. The van der Waals surface area contributed by atoms with Crippen molar-refractivity contribution in [3.05, 3.63) is 58.5 Å². The summed E-state index contributed by atoms with van der Waals surface area (Å²) in [6, 6.07) is 11.5. The van der Waals surface area contributed by atoms with Gasteiger partial charge in [-0.1, -0.05) is 17.3 Å². The molecule has 0 spiro atoms. The van der Waals surface area contributed by atoms with Gasteiger partial charge < -0.3 is 4.52 Å². The fourth-order valence-electron chi connectivity index (χ4n) is 4.19. The van der Waals surface area contributed by atoms with E-state index >= 15 is 0 Å². The molecule has 5 heterocycles. The highest BCUT2D eigenvalue weighted by Crippen LogP contribution is 2.35. The molecule has 0 N–H and O–H groups in total. The second kappa shape index (κ2) is 6.20. The quantitative estimate of drug-likeness (QED) is 0.673. The molecule has 1 aromatic carbocycles. The summed E-state index contributed by atoms with van der Waals surface area (Å²) in [5.74, 6) is 0. The number of benzene rings is 1. The number of nitrogens with zero attached hydrogens (tertiary/aromatic N) is 4. The summed E-state index contributed by atoms with van der Waals surface area (Å²) in [6.07, 6.45) is 5.09. The van der Waals surface area contributed by atoms with Gasteiger partial charge in [-0.15, -0.1) is 0 Å². The Morgan fingerprint density at radius 2 is 1.96 bits per heavy atom. The molecule has 6 heteroatoms. The molecule has 3 aliphatic heterocycles. The van der Waals surface area contributed by atoms with E-state index in [9.17, 15) is 0 Å². The van der Waals surface area contributed by atoms with Crippen molar-refractivity contribution in [3.63, 3.8) is 0 Å². The van der Waals surface area contributed by atoms with Crippen LogP contribution < -0.4 is 0 Å². The zero-order chi connectivity index (χ0) is 16.8. The van der Waals surface area contributed by atoms with Gasteiger partial charge in [-0.3, -0.25) is 14.8 Å². The summed E-state index contributed by atoms with van der Waals surface area (Å²) in [5, 5.41) is 5.44. The maximum Gasteiger partial charge on any atom is 0.167 e. The highest BCUT2D eigenvalue weighted by atomic mass is 79.9. The predicted molar refractivity (Wildman–Crippen MR) is 99.0 cm³/mol. The Hall–Kier alpha value is -1.76. The van der Waals surface area contributed by atoms with Crippen LogP contribution >= 0.6 is 15.9 Å². The fourth-order valence-corrected chi connectivity index (χ4v) is 4.60. The molecule has 3 fully saturated rings. The van der Waals surface area contributed by atoms with Crippen LogP contribution in [0.5, 0.6) is 0 Å². The second-order valence-corrected chi connectivity index (χ2v) is 7.96. The monoisotopic (exact) mass is 398 g/mol. The first-order chi connectivity index (χ1) is 12.3. The van der Waals surface area contributed by atoms with Gasteiger partial charge in [0, 0.05) is 60.5 Å². The number of rotatable bonds is 4. The Balaban J connectivity index is 1.26. The van der Waals surface area contributed by atoms with Gasteiger partial charge in [0.25, 0.3) is 0 Å². The van der Waals surface area contributed by atoms with E-state index in [1.807, 2.05) is 30.6 Å². The van der Waals surface area contributed by atoms with Crippen molar-refractivity contribution in [1.29, 1.82) is 0 Å². The number of pyridine rings is 1. The zero-order valence-electron chi connectivity index (χ0n) is 13.8. The van der Waals surface area contributed by atoms with Crippen LogP contribution in [-0.4, -0.2) is 45.1 Å². The summed E-state index contributed by atoms with van der Waals surface area (Å²) in [6.45, 7) is 4.08. The number of hydrogen-bond donors (Lipinski definition) is 0. The van der Waals surface area contributed by atoms with Crippen LogP contribution in [0.1, 0.15) is 17.7 Å². The van der Waals surface area contributed by atoms with E-state index in [0.717, 1.165) is 47.3 Å². The van der Waals surface area contributed by atoms with Crippen LogP contribution in [0.2, 0.25) is 0 Å². The van der Waals surface area contributed by atoms with Gasteiger partial charge in [0.1, 0.15) is 5.69 Å². The predicted octanol–water partition coefficient (Wildman–Crippen LogP) is 3.44. The number of halogens is 1. The van der Waals surface area contributed by atoms with E-state index in [1.54, 1.807) is 0 Å². The summed E-state index contributed by atoms with van der Waals surface area (Å²) in [4.78, 5) is 9.40. The molecule has 6 rings (SSSR count). The van der Waals surface area contributed by atoms with E-state index < -0.39 is 0 Å². The average Bonchev–Trinajstić information content (AvgIpc) is 3.03. The molecule has 3 aliphatic rings. The van der Waals surface area contributed by atoms with Crippen molar-refractivity contribution < 1.29 is 4.52 Å². The van der Waals surface area contributed by atoms with Crippen molar-refractivity contribution in [3.8, 4) is 0 Å². The molecule has 128 valence electrons. The van der Waals surface area contributed by atoms with Gasteiger partial charge in [-0.25, -0.2) is 0 Å². The molecular formula is C19H19BrN4O. The summed E-state index contributed by atoms with van der Waals surface area (Å²) in [5.41, 5.74) is 3.21. The highest BCUT2D eigenvalue weighted by Gasteiger charge is 2.44. The Labute approximate surface area is 154 Å². The number of para-hydroxylation sites is 1. The molecule has 3 aromatic rings. The SMILES string of the molecule is Brc1cncc(CN2CC3CC(C2)N3Cc2noc3ccccc23)c1. The Bertz CT molecular complexity index is 899. The Morgan fingerprint density at radius 1 is 1.12 bits per heavy atom. The van der Waals surface area contributed by atoms with Crippen molar-refractivity contribution in [2.45, 2.75) is 31.6 Å². The van der Waals surface area contributed by atoms with Gasteiger partial charge in [0.15, 0.2) is 5.58 Å². The maximum atomic E-state index is 5.45. The third-order valence-electron chi connectivity index (χ3n) is 5.37. The molecule has 0 saturated carbocycles. The summed E-state index contributed by atoms with van der Waals surface area (Å²) >= 11 is 3.51. The lowest BCUT2D eigenvalue weighted by molar-refractivity contribution is -0.0782. The third-order valence-corrected chi connectivity index (χ3v) is 5.81. The first-order valence-electron chi connectivity index (χ1n) is 8.67. The molecule has 2 atom stereocenters. The average molecular weight is 399 g/mol. The van der Waals surface area contributed by atoms with Crippen LogP contribution in [0.3, 0.4) is 0 Å². The van der Waals surface area contributed by atoms with Crippen molar-refractivity contribution in [2.24, 2.45) is 0 Å². The third kappa shape index (κ3) is 2.88. The minimum absolute atomic E-state index is 0.620. The van der Waals surface area contributed by atoms with Gasteiger partial charge in [0.2, 0.25) is 0 Å². The van der Waals surface area contributed by atoms with E-state index in [0.29, 0.717) is 12.1 Å². The Kier molecular flexibility index (Phi) is 3.84. The molecule has 2 unspecified atom stereocenters. The number of piperazine rings is 1. The van der Waals surface area contributed by atoms with Gasteiger partial charge in [0.05, 0.1) is 0 Å². The van der Waals surface area contributed by atoms with Crippen LogP contribution in [0.25, 0.3) is 11.0 Å². The van der Waals surface area contributed by atoms with Crippen LogP contribution in [0.4, 0.5) is 0 Å². The molecule has 2 aromatic heterocycles. The minimum Gasteiger partial charge on any atom is -0.356 e. The molecule has 2 bridgehead atoms. The highest BCUT2D eigenvalue weighted by molar-refractivity contribution is 9.10. The largest absolute Gasteiger partial charge is 0.356 e. The molecule has 3 saturated heterocycles. The topological polar surface area (TPSA) is 45.4 Å². The zero-order valence-corrected chi connectivity index (χ0v) is 15.4. The van der Waals surface area contributed by atoms with E-state index in [1.165, 1.54) is 12.0 Å². The van der Waals surface area contributed by atoms with Crippen LogP contribution in [0.15, 0.2) is 51.7 Å². The summed E-state index contributed by atoms with van der Waals surface area (Å²) < 4.78 is 6.50. The maximum absolute atomic E-state index is 5.45. The van der Waals surface area contributed by atoms with E-state index in [-0.39, 0.29) is 0 Å². The molecule has 5 nitrogen and oxygen atoms in total. The van der Waals surface area contributed by atoms with Gasteiger partial charge >= 0.3 is 0 Å². The number of fused-ring (bicyclic) bond motifs is 3. The standard InChI is InChI=1S/C19H19BrN4O/c20-14-5-13(7-21-8-14)9-23-10-15-6-16(11-23)24(15)12-18-17-3-1-2-4-19(17)25-22-18/h1-5,7-8,15-16H,6,9-12H2. The number of piperidine rings is 1. The molecular weight excluding hydrogens is 380 g/mol. The van der Waals surface area contributed by atoms with Crippen LogP contribution in [-0.2, 0) is 13.1 Å². The first kappa shape index (κ1) is 15.5. The van der Waals surface area contributed by atoms with Crippen molar-refractivity contribution in [2.75, 3.05) is 13.1 Å². The normalized spacial score (nSPS) is 23.7. The fraction of sp³-hybridized carbons (Fsp3) is 0.368. The summed E-state index contributed by atoms with van der Waals surface area (Å²) in [7, 11) is 0. The minimum atomic E-state index is 0.620. The molecule has 0 amide bonds. The lowest BCUT2D eigenvalue weighted by Gasteiger charge is -2.56. The molecule has 25 heavy (non-hydrogen) atoms. The van der Waals surface area contributed by atoms with Crippen molar-refractivity contribution >= 4 is 26.9 Å². The van der Waals surface area contributed by atoms with Gasteiger partial charge in [-0.2, -0.15) is 0 Å². The number of aromatic nitrogens is 2. The molecule has 0 radical (unpaired) electrons. The Morgan fingerprint density at radius 3 is 2.80 bits per heavy atom. The van der Waals surface area contributed by atoms with E-state index in [2.05, 4.69) is 48.0 Å². The van der Waals surface area contributed by atoms with Crippen molar-refractivity contribution in [1.82, 2.24) is 19.9 Å². The van der Waals surface area contributed by atoms with Crippen LogP contribution in [0, 0.1) is 0 Å². The van der Waals surface area contributed by atoms with E-state index in [4.69, 9.17) is 4.52 Å². The lowest BCUT2D eigenvalue weighted by Crippen LogP contribution is -2.67. The number of hydrogen-bond acceptors (Lipinski definition) is 5. The van der Waals surface area contributed by atoms with Gasteiger partial charge in [-0.05, 0) is 46.1 Å². The molecule has 0 aliphatic carbocycles.